The van der Waals surface area contributed by atoms with Gasteiger partial charge in [-0.2, -0.15) is 0 Å². The van der Waals surface area contributed by atoms with E-state index in [2.05, 4.69) is 0 Å². The molecule has 0 aromatic heterocycles. The van der Waals surface area contributed by atoms with Crippen molar-refractivity contribution in [1.29, 1.82) is 0 Å². The molecule has 0 unspecified atom stereocenters. The van der Waals surface area contributed by atoms with E-state index in [4.69, 9.17) is 0 Å². The third-order valence-corrected chi connectivity index (χ3v) is 0. The van der Waals surface area contributed by atoms with Crippen LogP contribution < -0.4 is 138 Å². The van der Waals surface area contributed by atoms with Gasteiger partial charge in [0.25, 0.3) is 0 Å². The van der Waals surface area contributed by atoms with Crippen molar-refractivity contribution in [2.24, 2.45) is 0 Å². The first kappa shape index (κ1) is 61.3. The van der Waals surface area contributed by atoms with Crippen molar-refractivity contribution in [1.82, 2.24) is 0 Å². The van der Waals surface area contributed by atoms with Gasteiger partial charge in [-0.1, -0.05) is 0 Å². The van der Waals surface area contributed by atoms with Gasteiger partial charge in [-0.15, -0.1) is 0 Å². The summed E-state index contributed by atoms with van der Waals surface area (Å²) < 4.78 is 0. The molecule has 0 bridgehead atoms. The summed E-state index contributed by atoms with van der Waals surface area (Å²) in [7, 11) is 0. The summed E-state index contributed by atoms with van der Waals surface area (Å²) >= 11 is 0. The number of rotatable bonds is 0. The maximum atomic E-state index is 0. The molecule has 0 spiro atoms. The standard InChI is InChI=1S/2Cs.4H2O.W.2H/h;;4*1H2;;;/q2*+1;;;;;;2*-1. The van der Waals surface area contributed by atoms with E-state index < -0.39 is 0 Å². The van der Waals surface area contributed by atoms with Gasteiger partial charge in [-0.25, -0.2) is 0 Å². The summed E-state index contributed by atoms with van der Waals surface area (Å²) in [6.07, 6.45) is 0. The van der Waals surface area contributed by atoms with Gasteiger partial charge in [0.2, 0.25) is 0 Å². The van der Waals surface area contributed by atoms with E-state index in [0.29, 0.717) is 0 Å². The molecule has 7 heavy (non-hydrogen) atoms. The molecule has 8 N–H and O–H groups in total. The van der Waals surface area contributed by atoms with Crippen molar-refractivity contribution in [3.63, 3.8) is 0 Å². The molecule has 0 aliphatic carbocycles. The van der Waals surface area contributed by atoms with Gasteiger partial charge >= 0.3 is 138 Å². The molecule has 0 atom stereocenters. The average Bonchev–Trinajstić information content (AvgIpc) is 0. The van der Waals surface area contributed by atoms with Gasteiger partial charge in [0.15, 0.2) is 0 Å². The van der Waals surface area contributed by atoms with Crippen LogP contribution in [0.5, 0.6) is 0 Å². The van der Waals surface area contributed by atoms with E-state index in [-0.39, 0.29) is 184 Å². The molecule has 0 heterocycles. The van der Waals surface area contributed by atoms with Crippen LogP contribution in [-0.4, -0.2) is 21.9 Å². The Labute approximate surface area is 177 Å². The Kier molecular flexibility index (Phi) is 402. The van der Waals surface area contributed by atoms with Crippen molar-refractivity contribution in [2.45, 2.75) is 0 Å². The van der Waals surface area contributed by atoms with E-state index in [1.807, 2.05) is 0 Å². The second-order valence-corrected chi connectivity index (χ2v) is 0. The van der Waals surface area contributed by atoms with Crippen molar-refractivity contribution in [2.75, 3.05) is 0 Å². The third-order valence-electron chi connectivity index (χ3n) is 0. The van der Waals surface area contributed by atoms with Crippen LogP contribution in [-0.2, 0) is 21.1 Å². The Bertz CT molecular complexity index is 16.5. The molecule has 0 fully saturated rings. The summed E-state index contributed by atoms with van der Waals surface area (Å²) in [5, 5.41) is 0. The van der Waals surface area contributed by atoms with Crippen LogP contribution >= 0.6 is 0 Å². The summed E-state index contributed by atoms with van der Waals surface area (Å²) in [5.74, 6) is 0. The summed E-state index contributed by atoms with van der Waals surface area (Å²) in [4.78, 5) is 0. The van der Waals surface area contributed by atoms with Crippen LogP contribution in [0.15, 0.2) is 0 Å². The van der Waals surface area contributed by atoms with Crippen LogP contribution in [0.25, 0.3) is 0 Å². The van der Waals surface area contributed by atoms with Gasteiger partial charge in [-0.05, 0) is 0 Å². The fourth-order valence-electron chi connectivity index (χ4n) is 0. The van der Waals surface area contributed by atoms with Crippen LogP contribution in [0.3, 0.4) is 0 Å². The zero-order valence-corrected chi connectivity index (χ0v) is 19.9. The number of hydrogen-bond acceptors (Lipinski definition) is 0. The second-order valence-electron chi connectivity index (χ2n) is 0. The monoisotopic (exact) mass is 524 g/mol. The predicted octanol–water partition coefficient (Wildman–Crippen LogP) is -9.07. The minimum Gasteiger partial charge on any atom is -1.00 e. The van der Waals surface area contributed by atoms with Crippen molar-refractivity contribution >= 4 is 0 Å². The first-order valence-electron chi connectivity index (χ1n) is 0. The van der Waals surface area contributed by atoms with Gasteiger partial charge in [0.05, 0.1) is 0 Å². The number of hydrogen-bond donors (Lipinski definition) is 0. The minimum absolute atomic E-state index is 0. The van der Waals surface area contributed by atoms with E-state index in [1.54, 1.807) is 0 Å². The zero-order chi connectivity index (χ0) is 0. The molecule has 7 heteroatoms. The molecule has 0 aromatic carbocycles. The molecule has 0 amide bonds. The first-order valence-corrected chi connectivity index (χ1v) is 0. The van der Waals surface area contributed by atoms with Crippen LogP contribution in [0, 0.1) is 0 Å². The smallest absolute Gasteiger partial charge is 1.00 e. The SMILES string of the molecule is O.O.O.O.[Cs+].[Cs+].[H-].[H-].[W]. The predicted molar refractivity (Wildman–Crippen MR) is 16.7 cm³/mol. The molecule has 0 aliphatic rings. The van der Waals surface area contributed by atoms with Gasteiger partial charge in [0, 0.05) is 21.1 Å². The summed E-state index contributed by atoms with van der Waals surface area (Å²) in [6, 6.07) is 0. The Hall–Kier alpha value is 4.63. The maximum Gasteiger partial charge on any atom is 1.00 e. The molecule has 0 radical (unpaired) electrons. The summed E-state index contributed by atoms with van der Waals surface area (Å²) in [6.45, 7) is 0. The minimum atomic E-state index is 0. The average molecular weight is 524 g/mol. The maximum absolute atomic E-state index is 0. The molecule has 0 saturated carbocycles. The molecule has 0 aliphatic heterocycles. The Morgan fingerprint density at radius 3 is 0.571 bits per heavy atom. The van der Waals surface area contributed by atoms with Crippen molar-refractivity contribution in [3.8, 4) is 0 Å². The quantitative estimate of drug-likeness (QED) is 0.299. The fourth-order valence-corrected chi connectivity index (χ4v) is 0. The Morgan fingerprint density at radius 1 is 0.571 bits per heavy atom. The van der Waals surface area contributed by atoms with Crippen molar-refractivity contribution in [3.05, 3.63) is 0 Å². The molecule has 4 nitrogen and oxygen atoms in total. The van der Waals surface area contributed by atoms with E-state index in [9.17, 15) is 0 Å². The van der Waals surface area contributed by atoms with Gasteiger partial charge < -0.3 is 24.8 Å². The van der Waals surface area contributed by atoms with Crippen LogP contribution in [0.1, 0.15) is 2.85 Å². The second kappa shape index (κ2) is 46.0. The molecule has 0 saturated heterocycles. The molecular weight excluding hydrogens is 514 g/mol. The van der Waals surface area contributed by atoms with Crippen LogP contribution in [0.2, 0.25) is 0 Å². The molecule has 42 valence electrons. The molecule has 0 rings (SSSR count). The van der Waals surface area contributed by atoms with E-state index >= 15 is 0 Å². The molecular formula is H10Cs2O4W. The summed E-state index contributed by atoms with van der Waals surface area (Å²) in [5.41, 5.74) is 0. The van der Waals surface area contributed by atoms with E-state index in [1.165, 1.54) is 0 Å². The van der Waals surface area contributed by atoms with Gasteiger partial charge in [0.1, 0.15) is 0 Å². The topological polar surface area (TPSA) is 126 Å². The van der Waals surface area contributed by atoms with E-state index in [0.717, 1.165) is 0 Å². The van der Waals surface area contributed by atoms with Crippen LogP contribution in [0.4, 0.5) is 0 Å². The third kappa shape index (κ3) is 36.9. The van der Waals surface area contributed by atoms with Gasteiger partial charge in [-0.3, -0.25) is 0 Å². The fraction of sp³-hybridized carbons (Fsp3) is 0. The Morgan fingerprint density at radius 2 is 0.571 bits per heavy atom. The normalized spacial score (nSPS) is 0. The Balaban J connectivity index is 0. The largest absolute Gasteiger partial charge is 1.00 e. The zero-order valence-electron chi connectivity index (χ0n) is 6.41. The van der Waals surface area contributed by atoms with Crippen molar-refractivity contribution < 1.29 is 184 Å². The first-order chi connectivity index (χ1) is 0. The molecule has 0 aromatic rings.